The van der Waals surface area contributed by atoms with Crippen LogP contribution in [0, 0.1) is 13.8 Å². The van der Waals surface area contributed by atoms with Gasteiger partial charge in [0.25, 0.3) is 0 Å². The molecule has 0 saturated carbocycles. The van der Waals surface area contributed by atoms with E-state index in [1.807, 2.05) is 44.2 Å². The molecule has 0 aliphatic heterocycles. The van der Waals surface area contributed by atoms with Crippen molar-refractivity contribution in [2.24, 2.45) is 0 Å². The maximum absolute atomic E-state index is 8.92. The summed E-state index contributed by atoms with van der Waals surface area (Å²) >= 11 is 0. The lowest BCUT2D eigenvalue weighted by molar-refractivity contribution is 0.471. The van der Waals surface area contributed by atoms with Gasteiger partial charge in [-0.3, -0.25) is 0 Å². The van der Waals surface area contributed by atoms with Crippen molar-refractivity contribution in [2.45, 2.75) is 13.8 Å². The fourth-order valence-electron chi connectivity index (χ4n) is 1.11. The van der Waals surface area contributed by atoms with E-state index in [1.165, 1.54) is 5.56 Å². The third-order valence-electron chi connectivity index (χ3n) is 2.15. The van der Waals surface area contributed by atoms with Gasteiger partial charge in [0, 0.05) is 0 Å². The highest BCUT2D eigenvalue weighted by Crippen LogP contribution is 2.12. The average Bonchev–Trinajstić information content (AvgIpc) is 2.28. The van der Waals surface area contributed by atoms with Gasteiger partial charge in [0.2, 0.25) is 0 Å². The van der Waals surface area contributed by atoms with Crippen LogP contribution in [0.2, 0.25) is 0 Å². The van der Waals surface area contributed by atoms with Crippen LogP contribution in [0.4, 0.5) is 0 Å². The van der Waals surface area contributed by atoms with Crippen LogP contribution in [-0.4, -0.2) is 10.2 Å². The fraction of sp³-hybridized carbons (Fsp3) is 0.143. The number of hydrogen-bond acceptors (Lipinski definition) is 2. The van der Waals surface area contributed by atoms with Crippen LogP contribution in [0.1, 0.15) is 11.1 Å². The minimum Gasteiger partial charge on any atom is -0.508 e. The highest BCUT2D eigenvalue weighted by atomic mass is 16.3. The normalized spacial score (nSPS) is 9.12. The first-order chi connectivity index (χ1) is 7.59. The number of phenols is 2. The SMILES string of the molecule is Cc1ccc(O)cc1.Cc1ccccc1O. The van der Waals surface area contributed by atoms with Crippen LogP contribution >= 0.6 is 0 Å². The first-order valence-corrected chi connectivity index (χ1v) is 5.10. The van der Waals surface area contributed by atoms with E-state index in [0.29, 0.717) is 11.5 Å². The van der Waals surface area contributed by atoms with Crippen LogP contribution in [-0.2, 0) is 0 Å². The summed E-state index contributed by atoms with van der Waals surface area (Å²) in [6.45, 7) is 3.86. The Morgan fingerprint density at radius 1 is 0.750 bits per heavy atom. The molecule has 2 heteroatoms. The Morgan fingerprint density at radius 2 is 1.31 bits per heavy atom. The molecule has 0 saturated heterocycles. The Labute approximate surface area is 95.8 Å². The second-order valence-electron chi connectivity index (χ2n) is 3.62. The second-order valence-corrected chi connectivity index (χ2v) is 3.62. The van der Waals surface area contributed by atoms with Crippen LogP contribution in [0.3, 0.4) is 0 Å². The molecule has 0 bridgehead atoms. The van der Waals surface area contributed by atoms with E-state index in [1.54, 1.807) is 18.2 Å². The van der Waals surface area contributed by atoms with Gasteiger partial charge in [0.1, 0.15) is 11.5 Å². The molecule has 2 N–H and O–H groups in total. The molecule has 0 aromatic heterocycles. The summed E-state index contributed by atoms with van der Waals surface area (Å²) < 4.78 is 0. The minimum atomic E-state index is 0.329. The third kappa shape index (κ3) is 4.05. The molecule has 0 spiro atoms. The van der Waals surface area contributed by atoms with Crippen molar-refractivity contribution in [3.8, 4) is 11.5 Å². The molecular weight excluding hydrogens is 200 g/mol. The lowest BCUT2D eigenvalue weighted by Crippen LogP contribution is -1.68. The number of benzene rings is 2. The molecule has 84 valence electrons. The van der Waals surface area contributed by atoms with Crippen molar-refractivity contribution >= 4 is 0 Å². The van der Waals surface area contributed by atoms with Crippen molar-refractivity contribution in [3.63, 3.8) is 0 Å². The predicted octanol–water partition coefficient (Wildman–Crippen LogP) is 3.40. The van der Waals surface area contributed by atoms with E-state index in [9.17, 15) is 0 Å². The summed E-state index contributed by atoms with van der Waals surface area (Å²) in [4.78, 5) is 0. The van der Waals surface area contributed by atoms with Gasteiger partial charge in [-0.15, -0.1) is 0 Å². The smallest absolute Gasteiger partial charge is 0.118 e. The van der Waals surface area contributed by atoms with Crippen LogP contribution < -0.4 is 0 Å². The summed E-state index contributed by atoms with van der Waals surface area (Å²) in [5.41, 5.74) is 2.09. The van der Waals surface area contributed by atoms with E-state index in [4.69, 9.17) is 10.2 Å². The molecule has 0 unspecified atom stereocenters. The molecule has 2 aromatic rings. The van der Waals surface area contributed by atoms with Gasteiger partial charge in [0.15, 0.2) is 0 Å². The summed E-state index contributed by atoms with van der Waals surface area (Å²) in [7, 11) is 0. The highest BCUT2D eigenvalue weighted by Gasteiger charge is 1.87. The first kappa shape index (κ1) is 12.1. The van der Waals surface area contributed by atoms with Gasteiger partial charge in [-0.1, -0.05) is 35.9 Å². The van der Waals surface area contributed by atoms with Crippen molar-refractivity contribution < 1.29 is 10.2 Å². The number of aryl methyl sites for hydroxylation is 2. The maximum Gasteiger partial charge on any atom is 0.118 e. The molecule has 16 heavy (non-hydrogen) atoms. The maximum atomic E-state index is 8.92. The molecule has 2 rings (SSSR count). The highest BCUT2D eigenvalue weighted by molar-refractivity contribution is 5.29. The predicted molar refractivity (Wildman–Crippen MR) is 65.7 cm³/mol. The molecule has 0 fully saturated rings. The van der Waals surface area contributed by atoms with E-state index in [2.05, 4.69) is 0 Å². The number of rotatable bonds is 0. The van der Waals surface area contributed by atoms with Gasteiger partial charge in [-0.05, 0) is 37.6 Å². The van der Waals surface area contributed by atoms with Gasteiger partial charge in [0.05, 0.1) is 0 Å². The average molecular weight is 216 g/mol. The Balaban J connectivity index is 0.000000160. The fourth-order valence-corrected chi connectivity index (χ4v) is 1.11. The zero-order chi connectivity index (χ0) is 12.0. The molecule has 0 amide bonds. The molecule has 0 radical (unpaired) electrons. The second kappa shape index (κ2) is 5.81. The van der Waals surface area contributed by atoms with Crippen LogP contribution in [0.25, 0.3) is 0 Å². The van der Waals surface area contributed by atoms with E-state index >= 15 is 0 Å². The monoisotopic (exact) mass is 216 g/mol. The van der Waals surface area contributed by atoms with Crippen molar-refractivity contribution in [1.82, 2.24) is 0 Å². The minimum absolute atomic E-state index is 0.329. The summed E-state index contributed by atoms with van der Waals surface area (Å²) in [6.07, 6.45) is 0. The molecule has 2 nitrogen and oxygen atoms in total. The zero-order valence-electron chi connectivity index (χ0n) is 9.51. The summed E-state index contributed by atoms with van der Waals surface area (Å²) in [5, 5.41) is 17.7. The van der Waals surface area contributed by atoms with Crippen LogP contribution in [0.5, 0.6) is 11.5 Å². The van der Waals surface area contributed by atoms with E-state index in [-0.39, 0.29) is 0 Å². The number of phenolic OH excluding ortho intramolecular Hbond substituents is 2. The van der Waals surface area contributed by atoms with Crippen molar-refractivity contribution in [1.29, 1.82) is 0 Å². The Hall–Kier alpha value is -1.96. The Kier molecular flexibility index (Phi) is 4.40. The zero-order valence-corrected chi connectivity index (χ0v) is 9.51. The number of hydrogen-bond donors (Lipinski definition) is 2. The van der Waals surface area contributed by atoms with E-state index < -0.39 is 0 Å². The molecule has 2 aromatic carbocycles. The third-order valence-corrected chi connectivity index (χ3v) is 2.15. The van der Waals surface area contributed by atoms with Gasteiger partial charge in [-0.25, -0.2) is 0 Å². The lowest BCUT2D eigenvalue weighted by Gasteiger charge is -1.92. The standard InChI is InChI=1S/2C7H8O/c1-6-2-4-7(8)5-3-6;1-6-4-2-3-5-7(6)8/h2*2-5,8H,1H3. The number of aromatic hydroxyl groups is 2. The first-order valence-electron chi connectivity index (χ1n) is 5.10. The summed E-state index contributed by atoms with van der Waals surface area (Å²) in [5.74, 6) is 0.697. The van der Waals surface area contributed by atoms with Crippen molar-refractivity contribution in [3.05, 3.63) is 59.7 Å². The van der Waals surface area contributed by atoms with Gasteiger partial charge in [-0.2, -0.15) is 0 Å². The largest absolute Gasteiger partial charge is 0.508 e. The Bertz CT molecular complexity index is 391. The van der Waals surface area contributed by atoms with Gasteiger partial charge >= 0.3 is 0 Å². The molecule has 0 atom stereocenters. The topological polar surface area (TPSA) is 40.5 Å². The molecular formula is C14H16O2. The van der Waals surface area contributed by atoms with Crippen LogP contribution in [0.15, 0.2) is 48.5 Å². The molecule has 0 aliphatic carbocycles. The number of para-hydroxylation sites is 1. The van der Waals surface area contributed by atoms with Crippen molar-refractivity contribution in [2.75, 3.05) is 0 Å². The van der Waals surface area contributed by atoms with E-state index in [0.717, 1.165) is 5.56 Å². The lowest BCUT2D eigenvalue weighted by atomic mass is 10.2. The Morgan fingerprint density at radius 3 is 1.69 bits per heavy atom. The molecule has 0 aliphatic rings. The summed E-state index contributed by atoms with van der Waals surface area (Å²) in [6, 6.07) is 14.3. The quantitative estimate of drug-likeness (QED) is 0.708. The van der Waals surface area contributed by atoms with Gasteiger partial charge < -0.3 is 10.2 Å². The molecule has 0 heterocycles.